The molecule has 1 aromatic heterocycles. The van der Waals surface area contributed by atoms with Crippen molar-refractivity contribution in [2.45, 2.75) is 36.8 Å². The predicted octanol–water partition coefficient (Wildman–Crippen LogP) is 8.94. The first kappa shape index (κ1) is 31.3. The summed E-state index contributed by atoms with van der Waals surface area (Å²) in [7, 11) is 0. The van der Waals surface area contributed by atoms with Gasteiger partial charge in [-0.3, -0.25) is 4.79 Å². The summed E-state index contributed by atoms with van der Waals surface area (Å²) in [5, 5.41) is 20.1. The van der Waals surface area contributed by atoms with Gasteiger partial charge in [-0.1, -0.05) is 0 Å². The number of halogens is 3. The van der Waals surface area contributed by atoms with Crippen LogP contribution in [0.4, 0.5) is 13.2 Å². The van der Waals surface area contributed by atoms with Crippen LogP contribution in [0.5, 0.6) is 28.7 Å². The van der Waals surface area contributed by atoms with Crippen LogP contribution in [-0.2, 0) is 11.2 Å². The first-order chi connectivity index (χ1) is 21.4. The monoisotopic (exact) mass is 637 g/mol. The number of thioether (sulfide) groups is 1. The molecule has 0 bridgehead atoms. The van der Waals surface area contributed by atoms with Crippen LogP contribution in [-0.4, -0.2) is 38.3 Å². The van der Waals surface area contributed by atoms with Gasteiger partial charge in [0, 0.05) is 21.7 Å². The standard InChI is InChI=1S/C33H26F3NO7S/c1-19(2)42-21-7-9-23(10-8-21)44-25-13-16-28-27(17-25)31(32(40)41)29(18-30(38)39)37(28)20-3-5-22(6-4-20)43-24-11-14-26(15-12-24)45-33(34,35)36/h3-17,19H,18H2,1-2H3,(H,38,39)(H,40,41). The number of carboxylic acid groups (broad SMARTS) is 2. The van der Waals surface area contributed by atoms with Gasteiger partial charge in [0.2, 0.25) is 0 Å². The molecule has 0 fully saturated rings. The van der Waals surface area contributed by atoms with Gasteiger partial charge < -0.3 is 29.0 Å². The number of rotatable bonds is 11. The van der Waals surface area contributed by atoms with Gasteiger partial charge in [0.25, 0.3) is 0 Å². The Hall–Kier alpha value is -5.10. The molecule has 232 valence electrons. The summed E-state index contributed by atoms with van der Waals surface area (Å²) >= 11 is -0.226. The van der Waals surface area contributed by atoms with Crippen molar-refractivity contribution in [3.05, 3.63) is 102 Å². The zero-order valence-corrected chi connectivity index (χ0v) is 24.7. The molecule has 45 heavy (non-hydrogen) atoms. The van der Waals surface area contributed by atoms with Crippen LogP contribution < -0.4 is 14.2 Å². The molecule has 4 aromatic carbocycles. The van der Waals surface area contributed by atoms with Crippen LogP contribution in [0.1, 0.15) is 29.9 Å². The third-order valence-electron chi connectivity index (χ3n) is 6.39. The molecule has 8 nitrogen and oxygen atoms in total. The fourth-order valence-electron chi connectivity index (χ4n) is 4.73. The highest BCUT2D eigenvalue weighted by Gasteiger charge is 2.29. The lowest BCUT2D eigenvalue weighted by Gasteiger charge is -2.13. The van der Waals surface area contributed by atoms with Gasteiger partial charge in [-0.2, -0.15) is 13.2 Å². The van der Waals surface area contributed by atoms with Crippen molar-refractivity contribution in [1.29, 1.82) is 0 Å². The zero-order chi connectivity index (χ0) is 32.3. The second-order valence-corrected chi connectivity index (χ2v) is 11.2. The molecular weight excluding hydrogens is 611 g/mol. The average molecular weight is 638 g/mol. The van der Waals surface area contributed by atoms with Gasteiger partial charge in [-0.15, -0.1) is 0 Å². The number of carbonyl (C=O) groups is 2. The van der Waals surface area contributed by atoms with Gasteiger partial charge in [0.15, 0.2) is 0 Å². The zero-order valence-electron chi connectivity index (χ0n) is 23.9. The summed E-state index contributed by atoms with van der Waals surface area (Å²) in [5.74, 6) is -0.309. The molecule has 0 aliphatic heterocycles. The number of hydrogen-bond acceptors (Lipinski definition) is 6. The second kappa shape index (κ2) is 12.9. The number of aliphatic carboxylic acids is 1. The number of alkyl halides is 3. The number of nitrogens with zero attached hydrogens (tertiary/aromatic N) is 1. The summed E-state index contributed by atoms with van der Waals surface area (Å²) < 4.78 is 56.8. The SMILES string of the molecule is CC(C)Oc1ccc(Oc2ccc3c(c2)c(C(=O)O)c(CC(=O)O)n3-c2ccc(Oc3ccc(SC(F)(F)F)cc3)cc2)cc1. The van der Waals surface area contributed by atoms with E-state index in [2.05, 4.69) is 0 Å². The van der Waals surface area contributed by atoms with E-state index in [0.29, 0.717) is 40.0 Å². The highest BCUT2D eigenvalue weighted by Crippen LogP contribution is 2.38. The number of aromatic carboxylic acids is 1. The molecule has 2 N–H and O–H groups in total. The minimum absolute atomic E-state index is 0.00705. The number of fused-ring (bicyclic) bond motifs is 1. The maximum Gasteiger partial charge on any atom is 0.446 e. The maximum absolute atomic E-state index is 12.6. The second-order valence-electron chi connectivity index (χ2n) is 10.1. The number of carboxylic acids is 2. The number of hydrogen-bond donors (Lipinski definition) is 2. The topological polar surface area (TPSA) is 107 Å². The average Bonchev–Trinajstić information content (AvgIpc) is 3.27. The van der Waals surface area contributed by atoms with Crippen molar-refractivity contribution < 1.29 is 47.2 Å². The molecule has 5 aromatic rings. The van der Waals surface area contributed by atoms with Crippen molar-refractivity contribution in [3.63, 3.8) is 0 Å². The Labute approximate surface area is 259 Å². The molecule has 0 saturated carbocycles. The molecule has 0 atom stereocenters. The van der Waals surface area contributed by atoms with Crippen LogP contribution in [0, 0.1) is 0 Å². The van der Waals surface area contributed by atoms with E-state index in [1.807, 2.05) is 13.8 Å². The Bertz CT molecular complexity index is 1830. The van der Waals surface area contributed by atoms with Crippen molar-refractivity contribution in [2.75, 3.05) is 0 Å². The minimum Gasteiger partial charge on any atom is -0.491 e. The van der Waals surface area contributed by atoms with E-state index in [-0.39, 0.29) is 39.4 Å². The fraction of sp³-hybridized carbons (Fsp3) is 0.152. The van der Waals surface area contributed by atoms with E-state index in [4.69, 9.17) is 14.2 Å². The van der Waals surface area contributed by atoms with Crippen LogP contribution >= 0.6 is 11.8 Å². The third kappa shape index (κ3) is 7.71. The normalized spacial score (nSPS) is 11.5. The Kier molecular flexibility index (Phi) is 8.96. The van der Waals surface area contributed by atoms with E-state index in [1.54, 1.807) is 71.3 Å². The van der Waals surface area contributed by atoms with Crippen molar-refractivity contribution in [3.8, 4) is 34.4 Å². The molecule has 0 radical (unpaired) electrons. The molecule has 1 heterocycles. The Balaban J connectivity index is 1.46. The lowest BCUT2D eigenvalue weighted by atomic mass is 10.1. The first-order valence-corrected chi connectivity index (χ1v) is 14.4. The van der Waals surface area contributed by atoms with Crippen LogP contribution in [0.25, 0.3) is 16.6 Å². The molecule has 0 saturated heterocycles. The van der Waals surface area contributed by atoms with Gasteiger partial charge in [0.05, 0.1) is 23.6 Å². The smallest absolute Gasteiger partial charge is 0.446 e. The predicted molar refractivity (Wildman–Crippen MR) is 162 cm³/mol. The van der Waals surface area contributed by atoms with E-state index < -0.39 is 23.9 Å². The lowest BCUT2D eigenvalue weighted by Crippen LogP contribution is -2.11. The summed E-state index contributed by atoms with van der Waals surface area (Å²) in [5.41, 5.74) is -3.59. The van der Waals surface area contributed by atoms with Gasteiger partial charge in [-0.25, -0.2) is 4.79 Å². The molecule has 0 spiro atoms. The van der Waals surface area contributed by atoms with E-state index in [0.717, 1.165) is 0 Å². The third-order valence-corrected chi connectivity index (χ3v) is 7.13. The van der Waals surface area contributed by atoms with Crippen LogP contribution in [0.3, 0.4) is 0 Å². The van der Waals surface area contributed by atoms with E-state index >= 15 is 0 Å². The summed E-state index contributed by atoms with van der Waals surface area (Å²) in [6, 6.07) is 23.7. The van der Waals surface area contributed by atoms with Gasteiger partial charge in [-0.05, 0) is 117 Å². The van der Waals surface area contributed by atoms with Gasteiger partial charge in [0.1, 0.15) is 28.7 Å². The largest absolute Gasteiger partial charge is 0.491 e. The minimum atomic E-state index is -4.40. The highest BCUT2D eigenvalue weighted by atomic mass is 32.2. The van der Waals surface area contributed by atoms with Crippen LogP contribution in [0.2, 0.25) is 0 Å². The number of benzene rings is 4. The molecule has 0 aliphatic carbocycles. The Morgan fingerprint density at radius 2 is 1.29 bits per heavy atom. The molecule has 5 rings (SSSR count). The maximum atomic E-state index is 12.6. The Morgan fingerprint density at radius 1 is 0.778 bits per heavy atom. The van der Waals surface area contributed by atoms with E-state index in [9.17, 15) is 33.0 Å². The summed E-state index contributed by atoms with van der Waals surface area (Å²) in [6.45, 7) is 3.83. The lowest BCUT2D eigenvalue weighted by molar-refractivity contribution is -0.136. The molecule has 0 amide bonds. The van der Waals surface area contributed by atoms with Gasteiger partial charge >= 0.3 is 17.4 Å². The molecular formula is C33H26F3NO7S. The fourth-order valence-corrected chi connectivity index (χ4v) is 5.27. The van der Waals surface area contributed by atoms with Crippen LogP contribution in [0.15, 0.2) is 95.9 Å². The van der Waals surface area contributed by atoms with Crippen molar-refractivity contribution in [1.82, 2.24) is 4.57 Å². The van der Waals surface area contributed by atoms with Crippen molar-refractivity contribution >= 4 is 34.6 Å². The summed E-state index contributed by atoms with van der Waals surface area (Å²) in [4.78, 5) is 24.3. The quantitative estimate of drug-likeness (QED) is 0.138. The number of aromatic nitrogens is 1. The van der Waals surface area contributed by atoms with E-state index in [1.165, 1.54) is 24.3 Å². The Morgan fingerprint density at radius 3 is 1.82 bits per heavy atom. The number of ether oxygens (including phenoxy) is 3. The molecule has 0 unspecified atom stereocenters. The first-order valence-electron chi connectivity index (χ1n) is 13.6. The highest BCUT2D eigenvalue weighted by molar-refractivity contribution is 8.00. The molecule has 12 heteroatoms. The summed E-state index contributed by atoms with van der Waals surface area (Å²) in [6.07, 6.45) is -0.558. The van der Waals surface area contributed by atoms with Crippen molar-refractivity contribution in [2.24, 2.45) is 0 Å². The molecule has 0 aliphatic rings.